The number of aliphatic hydroxyl groups is 1. The van der Waals surface area contributed by atoms with Crippen molar-refractivity contribution in [3.63, 3.8) is 0 Å². The predicted molar refractivity (Wildman–Crippen MR) is 85.8 cm³/mol. The van der Waals surface area contributed by atoms with Crippen molar-refractivity contribution in [1.29, 1.82) is 0 Å². The van der Waals surface area contributed by atoms with Crippen molar-refractivity contribution >= 4 is 5.91 Å². The van der Waals surface area contributed by atoms with E-state index in [0.717, 1.165) is 6.07 Å². The molecule has 0 saturated heterocycles. The third-order valence-electron chi connectivity index (χ3n) is 4.48. The van der Waals surface area contributed by atoms with E-state index >= 15 is 0 Å². The molecule has 2 N–H and O–H groups in total. The zero-order valence-corrected chi connectivity index (χ0v) is 14.0. The first-order valence-electron chi connectivity index (χ1n) is 8.08. The van der Waals surface area contributed by atoms with E-state index in [1.807, 2.05) is 0 Å². The molecular formula is C17H20FN3O4. The standard InChI is InChI=1S/C17H20FN3O4/c1-9-20-17(25-21-9)10-5-11(14(22)6-10)8-19-16(23)13-7-12(18)3-4-15(13)24-2/h3-4,7,10-11,14,22H,5-6,8H2,1-2H3,(H,19,23)/t10-,11+,14+/m0/s1. The topological polar surface area (TPSA) is 97.5 Å². The van der Waals surface area contributed by atoms with Crippen LogP contribution in [0.3, 0.4) is 0 Å². The van der Waals surface area contributed by atoms with Crippen LogP contribution in [0.2, 0.25) is 0 Å². The molecule has 1 aliphatic carbocycles. The number of amides is 1. The summed E-state index contributed by atoms with van der Waals surface area (Å²) in [5.41, 5.74) is 0.124. The van der Waals surface area contributed by atoms with Crippen LogP contribution in [-0.2, 0) is 0 Å². The molecule has 7 nitrogen and oxygen atoms in total. The summed E-state index contributed by atoms with van der Waals surface area (Å²) in [5, 5.41) is 16.7. The van der Waals surface area contributed by atoms with Crippen LogP contribution in [0.25, 0.3) is 0 Å². The van der Waals surface area contributed by atoms with Gasteiger partial charge >= 0.3 is 0 Å². The van der Waals surface area contributed by atoms with Crippen LogP contribution in [0.15, 0.2) is 22.7 Å². The second-order valence-corrected chi connectivity index (χ2v) is 6.23. The van der Waals surface area contributed by atoms with Gasteiger partial charge in [-0.05, 0) is 38.0 Å². The van der Waals surface area contributed by atoms with Crippen LogP contribution in [0, 0.1) is 18.7 Å². The number of aromatic nitrogens is 2. The highest BCUT2D eigenvalue weighted by Crippen LogP contribution is 2.37. The Morgan fingerprint density at radius 3 is 2.96 bits per heavy atom. The van der Waals surface area contributed by atoms with Crippen molar-refractivity contribution in [3.8, 4) is 5.75 Å². The molecule has 0 radical (unpaired) electrons. The average molecular weight is 349 g/mol. The number of nitrogens with zero attached hydrogens (tertiary/aromatic N) is 2. The van der Waals surface area contributed by atoms with Crippen LogP contribution < -0.4 is 10.1 Å². The van der Waals surface area contributed by atoms with Crippen molar-refractivity contribution in [2.75, 3.05) is 13.7 Å². The number of carbonyl (C=O) groups is 1. The Balaban J connectivity index is 1.62. The van der Waals surface area contributed by atoms with E-state index in [1.54, 1.807) is 6.92 Å². The number of nitrogens with one attached hydrogen (secondary N) is 1. The molecule has 25 heavy (non-hydrogen) atoms. The first kappa shape index (κ1) is 17.3. The van der Waals surface area contributed by atoms with Crippen molar-refractivity contribution in [3.05, 3.63) is 41.3 Å². The molecule has 1 amide bonds. The molecule has 1 saturated carbocycles. The molecule has 2 aromatic rings. The fraction of sp³-hybridized carbons (Fsp3) is 0.471. The fourth-order valence-corrected chi connectivity index (χ4v) is 3.18. The summed E-state index contributed by atoms with van der Waals surface area (Å²) >= 11 is 0. The summed E-state index contributed by atoms with van der Waals surface area (Å²) in [6, 6.07) is 3.76. The van der Waals surface area contributed by atoms with E-state index in [4.69, 9.17) is 9.26 Å². The number of carbonyl (C=O) groups excluding carboxylic acids is 1. The monoisotopic (exact) mass is 349 g/mol. The van der Waals surface area contributed by atoms with E-state index in [-0.39, 0.29) is 23.9 Å². The Morgan fingerprint density at radius 1 is 1.48 bits per heavy atom. The number of ether oxygens (including phenoxy) is 1. The van der Waals surface area contributed by atoms with Gasteiger partial charge in [-0.2, -0.15) is 4.98 Å². The molecule has 0 spiro atoms. The number of halogens is 1. The Labute approximate surface area is 144 Å². The molecular weight excluding hydrogens is 329 g/mol. The summed E-state index contributed by atoms with van der Waals surface area (Å²) in [6.07, 6.45) is 0.557. The van der Waals surface area contributed by atoms with Gasteiger partial charge in [-0.15, -0.1) is 0 Å². The quantitative estimate of drug-likeness (QED) is 0.854. The Hall–Kier alpha value is -2.48. The van der Waals surface area contributed by atoms with E-state index in [9.17, 15) is 14.3 Å². The zero-order chi connectivity index (χ0) is 18.0. The largest absolute Gasteiger partial charge is 0.496 e. The van der Waals surface area contributed by atoms with Gasteiger partial charge in [0.05, 0.1) is 18.8 Å². The van der Waals surface area contributed by atoms with Crippen LogP contribution in [0.5, 0.6) is 5.75 Å². The summed E-state index contributed by atoms with van der Waals surface area (Å²) in [6.45, 7) is 2.01. The Bertz CT molecular complexity index is 764. The maximum absolute atomic E-state index is 13.4. The molecule has 0 unspecified atom stereocenters. The maximum atomic E-state index is 13.4. The summed E-state index contributed by atoms with van der Waals surface area (Å²) in [5.74, 6) is 0.239. The highest BCUT2D eigenvalue weighted by atomic mass is 19.1. The number of aryl methyl sites for hydroxylation is 1. The van der Waals surface area contributed by atoms with E-state index in [1.165, 1.54) is 19.2 Å². The highest BCUT2D eigenvalue weighted by Gasteiger charge is 2.36. The van der Waals surface area contributed by atoms with Gasteiger partial charge < -0.3 is 19.7 Å². The molecule has 0 bridgehead atoms. The number of hydrogen-bond acceptors (Lipinski definition) is 6. The summed E-state index contributed by atoms with van der Waals surface area (Å²) in [7, 11) is 1.42. The van der Waals surface area contributed by atoms with Crippen LogP contribution >= 0.6 is 0 Å². The molecule has 3 rings (SSSR count). The second-order valence-electron chi connectivity index (χ2n) is 6.23. The lowest BCUT2D eigenvalue weighted by Gasteiger charge is -2.16. The van der Waals surface area contributed by atoms with Gasteiger partial charge in [0.25, 0.3) is 5.91 Å². The van der Waals surface area contributed by atoms with E-state index in [0.29, 0.717) is 30.3 Å². The van der Waals surface area contributed by atoms with Gasteiger partial charge in [0.2, 0.25) is 5.89 Å². The Morgan fingerprint density at radius 2 is 2.28 bits per heavy atom. The minimum absolute atomic E-state index is 0.0261. The number of hydrogen-bond donors (Lipinski definition) is 2. The molecule has 1 heterocycles. The molecule has 1 aromatic heterocycles. The first-order chi connectivity index (χ1) is 12.0. The van der Waals surface area contributed by atoms with Crippen molar-refractivity contribution in [2.45, 2.75) is 31.8 Å². The number of aliphatic hydroxyl groups excluding tert-OH is 1. The lowest BCUT2D eigenvalue weighted by molar-refractivity contribution is 0.0913. The minimum atomic E-state index is -0.577. The smallest absolute Gasteiger partial charge is 0.255 e. The molecule has 0 aliphatic heterocycles. The van der Waals surface area contributed by atoms with Gasteiger partial charge in [-0.3, -0.25) is 4.79 Å². The summed E-state index contributed by atoms with van der Waals surface area (Å²) < 4.78 is 23.6. The lowest BCUT2D eigenvalue weighted by Crippen LogP contribution is -2.32. The predicted octanol–water partition coefficient (Wildman–Crippen LogP) is 1.81. The zero-order valence-electron chi connectivity index (χ0n) is 14.0. The van der Waals surface area contributed by atoms with Crippen LogP contribution in [0.1, 0.15) is 40.8 Å². The third-order valence-corrected chi connectivity index (χ3v) is 4.48. The van der Waals surface area contributed by atoms with Crippen LogP contribution in [0.4, 0.5) is 4.39 Å². The minimum Gasteiger partial charge on any atom is -0.496 e. The van der Waals surface area contributed by atoms with Gasteiger partial charge in [-0.1, -0.05) is 5.16 Å². The molecule has 1 fully saturated rings. The van der Waals surface area contributed by atoms with Gasteiger partial charge in [0.15, 0.2) is 5.82 Å². The lowest BCUT2D eigenvalue weighted by atomic mass is 10.0. The normalized spacial score (nSPS) is 22.8. The van der Waals surface area contributed by atoms with Crippen molar-refractivity contribution in [1.82, 2.24) is 15.5 Å². The van der Waals surface area contributed by atoms with E-state index < -0.39 is 17.8 Å². The molecule has 1 aromatic carbocycles. The number of methoxy groups -OCH3 is 1. The first-order valence-corrected chi connectivity index (χ1v) is 8.08. The number of rotatable bonds is 5. The van der Waals surface area contributed by atoms with Crippen LogP contribution in [-0.4, -0.2) is 40.9 Å². The molecule has 8 heteroatoms. The van der Waals surface area contributed by atoms with Gasteiger partial charge in [0, 0.05) is 18.4 Å². The van der Waals surface area contributed by atoms with Crippen molar-refractivity contribution in [2.24, 2.45) is 5.92 Å². The maximum Gasteiger partial charge on any atom is 0.255 e. The Kier molecular flexibility index (Phi) is 4.98. The molecule has 3 atom stereocenters. The molecule has 134 valence electrons. The molecule has 1 aliphatic rings. The summed E-state index contributed by atoms with van der Waals surface area (Å²) in [4.78, 5) is 16.5. The van der Waals surface area contributed by atoms with E-state index in [2.05, 4.69) is 15.5 Å². The second kappa shape index (κ2) is 7.18. The fourth-order valence-electron chi connectivity index (χ4n) is 3.18. The highest BCUT2D eigenvalue weighted by molar-refractivity contribution is 5.96. The third kappa shape index (κ3) is 3.79. The number of benzene rings is 1. The SMILES string of the molecule is COc1ccc(F)cc1C(=O)NC[C@H]1C[C@H](c2nc(C)no2)C[C@H]1O. The van der Waals surface area contributed by atoms with Gasteiger partial charge in [-0.25, -0.2) is 4.39 Å². The van der Waals surface area contributed by atoms with Crippen molar-refractivity contribution < 1.29 is 23.6 Å². The average Bonchev–Trinajstić information content (AvgIpc) is 3.18. The van der Waals surface area contributed by atoms with Gasteiger partial charge in [0.1, 0.15) is 11.6 Å².